The van der Waals surface area contributed by atoms with Crippen molar-refractivity contribution < 1.29 is 18.7 Å². The largest absolute Gasteiger partial charge is 0.377 e. The highest BCUT2D eigenvalue weighted by atomic mass is 19.1. The number of morpholine rings is 1. The van der Waals surface area contributed by atoms with E-state index in [1.165, 1.54) is 17.0 Å². The van der Waals surface area contributed by atoms with Crippen LogP contribution in [0.1, 0.15) is 21.7 Å². The Morgan fingerprint density at radius 2 is 2.11 bits per heavy atom. The van der Waals surface area contributed by atoms with Crippen LogP contribution in [0.25, 0.3) is 0 Å². The van der Waals surface area contributed by atoms with Crippen molar-refractivity contribution in [3.8, 4) is 0 Å². The lowest BCUT2D eigenvalue weighted by molar-refractivity contribution is -0.146. The van der Waals surface area contributed by atoms with Gasteiger partial charge in [0.1, 0.15) is 12.4 Å². The summed E-state index contributed by atoms with van der Waals surface area (Å²) in [5, 5.41) is 8.08. The maximum atomic E-state index is 13.0. The van der Waals surface area contributed by atoms with E-state index in [4.69, 9.17) is 4.74 Å². The Balaban J connectivity index is 1.50. The second kappa shape index (κ2) is 7.07. The molecule has 9 heteroatoms. The van der Waals surface area contributed by atoms with Crippen LogP contribution in [-0.4, -0.2) is 75.5 Å². The molecular weight excluding hydrogens is 353 g/mol. The van der Waals surface area contributed by atoms with Crippen LogP contribution in [-0.2, 0) is 16.1 Å². The molecule has 2 fully saturated rings. The Labute approximate surface area is 155 Å². The molecule has 0 bridgehead atoms. The molecule has 142 valence electrons. The Kier molecular flexibility index (Phi) is 4.61. The van der Waals surface area contributed by atoms with Crippen LogP contribution in [0.3, 0.4) is 0 Å². The number of piperazine rings is 1. The number of nitrogens with zero attached hydrogens (tertiary/aromatic N) is 5. The van der Waals surface area contributed by atoms with Crippen molar-refractivity contribution in [3.63, 3.8) is 0 Å². The molecule has 0 spiro atoms. The van der Waals surface area contributed by atoms with E-state index < -0.39 is 0 Å². The molecule has 2 aliphatic rings. The second-order valence-electron chi connectivity index (χ2n) is 6.81. The van der Waals surface area contributed by atoms with Crippen LogP contribution in [0.5, 0.6) is 0 Å². The SMILES string of the molecule is Cc1c(C(=O)N2CC(=O)N3CCOCC3C2)nnn1Cc1ccc(F)cc1. The van der Waals surface area contributed by atoms with E-state index >= 15 is 0 Å². The van der Waals surface area contributed by atoms with Crippen LogP contribution < -0.4 is 0 Å². The van der Waals surface area contributed by atoms with Gasteiger partial charge in [-0.2, -0.15) is 0 Å². The maximum Gasteiger partial charge on any atom is 0.276 e. The number of carbonyl (C=O) groups is 2. The quantitative estimate of drug-likeness (QED) is 0.781. The summed E-state index contributed by atoms with van der Waals surface area (Å²) in [6.07, 6.45) is 0. The Morgan fingerprint density at radius 1 is 1.33 bits per heavy atom. The maximum absolute atomic E-state index is 13.0. The fourth-order valence-corrected chi connectivity index (χ4v) is 3.48. The number of amides is 2. The summed E-state index contributed by atoms with van der Waals surface area (Å²) < 4.78 is 20.1. The molecule has 1 aromatic carbocycles. The Morgan fingerprint density at radius 3 is 2.89 bits per heavy atom. The predicted octanol–water partition coefficient (Wildman–Crippen LogP) is 0.457. The molecule has 1 aromatic heterocycles. The Hall–Kier alpha value is -2.81. The minimum absolute atomic E-state index is 0.0413. The molecule has 3 heterocycles. The second-order valence-corrected chi connectivity index (χ2v) is 6.81. The third-order valence-electron chi connectivity index (χ3n) is 5.02. The lowest BCUT2D eigenvalue weighted by atomic mass is 10.1. The van der Waals surface area contributed by atoms with Crippen molar-refractivity contribution in [2.75, 3.05) is 32.8 Å². The van der Waals surface area contributed by atoms with Crippen molar-refractivity contribution in [1.29, 1.82) is 0 Å². The van der Waals surface area contributed by atoms with Gasteiger partial charge in [0, 0.05) is 13.1 Å². The summed E-state index contributed by atoms with van der Waals surface area (Å²) in [5.74, 6) is -0.684. The van der Waals surface area contributed by atoms with E-state index in [0.29, 0.717) is 38.5 Å². The molecule has 27 heavy (non-hydrogen) atoms. The zero-order valence-electron chi connectivity index (χ0n) is 15.0. The third kappa shape index (κ3) is 3.42. The topological polar surface area (TPSA) is 80.6 Å². The Bertz CT molecular complexity index is 866. The van der Waals surface area contributed by atoms with Crippen molar-refractivity contribution in [1.82, 2.24) is 24.8 Å². The number of fused-ring (bicyclic) bond motifs is 1. The number of benzene rings is 1. The summed E-state index contributed by atoms with van der Waals surface area (Å²) >= 11 is 0. The van der Waals surface area contributed by atoms with Gasteiger partial charge in [-0.15, -0.1) is 5.10 Å². The highest BCUT2D eigenvalue weighted by molar-refractivity contribution is 5.96. The van der Waals surface area contributed by atoms with Gasteiger partial charge in [0.25, 0.3) is 5.91 Å². The highest BCUT2D eigenvalue weighted by Gasteiger charge is 2.37. The van der Waals surface area contributed by atoms with Crippen molar-refractivity contribution in [2.45, 2.75) is 19.5 Å². The number of halogens is 1. The number of hydrogen-bond donors (Lipinski definition) is 0. The fraction of sp³-hybridized carbons (Fsp3) is 0.444. The van der Waals surface area contributed by atoms with Gasteiger partial charge >= 0.3 is 0 Å². The first-order valence-electron chi connectivity index (χ1n) is 8.84. The highest BCUT2D eigenvalue weighted by Crippen LogP contribution is 2.18. The predicted molar refractivity (Wildman–Crippen MR) is 92.5 cm³/mol. The van der Waals surface area contributed by atoms with E-state index in [-0.39, 0.29) is 35.9 Å². The summed E-state index contributed by atoms with van der Waals surface area (Å²) in [6, 6.07) is 5.98. The molecule has 8 nitrogen and oxygen atoms in total. The van der Waals surface area contributed by atoms with Gasteiger partial charge in [0.15, 0.2) is 5.69 Å². The molecule has 0 N–H and O–H groups in total. The van der Waals surface area contributed by atoms with Gasteiger partial charge in [-0.1, -0.05) is 17.3 Å². The van der Waals surface area contributed by atoms with Gasteiger partial charge in [-0.05, 0) is 24.6 Å². The molecule has 1 unspecified atom stereocenters. The molecule has 2 aromatic rings. The van der Waals surface area contributed by atoms with Crippen LogP contribution in [0.15, 0.2) is 24.3 Å². The number of rotatable bonds is 3. The van der Waals surface area contributed by atoms with Crippen LogP contribution in [0.2, 0.25) is 0 Å². The van der Waals surface area contributed by atoms with Crippen molar-refractivity contribution in [3.05, 3.63) is 47.0 Å². The van der Waals surface area contributed by atoms with Crippen molar-refractivity contribution >= 4 is 11.8 Å². The molecule has 0 saturated carbocycles. The van der Waals surface area contributed by atoms with E-state index in [2.05, 4.69) is 10.3 Å². The monoisotopic (exact) mass is 373 g/mol. The molecule has 2 aliphatic heterocycles. The van der Waals surface area contributed by atoms with E-state index in [1.807, 2.05) is 0 Å². The van der Waals surface area contributed by atoms with Gasteiger partial charge in [0.05, 0.1) is 31.5 Å². The van der Waals surface area contributed by atoms with Crippen LogP contribution in [0, 0.1) is 12.7 Å². The normalized spacial score (nSPS) is 19.9. The molecule has 0 radical (unpaired) electrons. The minimum atomic E-state index is -0.309. The lowest BCUT2D eigenvalue weighted by Gasteiger charge is -2.43. The van der Waals surface area contributed by atoms with Gasteiger partial charge < -0.3 is 14.5 Å². The average Bonchev–Trinajstić information content (AvgIpc) is 3.03. The smallest absolute Gasteiger partial charge is 0.276 e. The number of carbonyl (C=O) groups excluding carboxylic acids is 2. The summed E-state index contributed by atoms with van der Waals surface area (Å²) in [5.41, 5.74) is 1.70. The molecule has 0 aliphatic carbocycles. The average molecular weight is 373 g/mol. The van der Waals surface area contributed by atoms with E-state index in [9.17, 15) is 14.0 Å². The fourth-order valence-electron chi connectivity index (χ4n) is 3.48. The van der Waals surface area contributed by atoms with Crippen molar-refractivity contribution in [2.24, 2.45) is 0 Å². The van der Waals surface area contributed by atoms with Gasteiger partial charge in [-0.25, -0.2) is 9.07 Å². The first-order chi connectivity index (χ1) is 13.0. The summed E-state index contributed by atoms with van der Waals surface area (Å²) in [4.78, 5) is 28.5. The molecule has 2 amide bonds. The standard InChI is InChI=1S/C18H20FN5O3/c1-12-17(20-21-24(12)8-13-2-4-14(19)5-3-13)18(26)22-9-15-11-27-7-6-23(15)16(25)10-22/h2-5,15H,6-11H2,1H3. The molecule has 2 saturated heterocycles. The van der Waals surface area contributed by atoms with Crippen LogP contribution in [0.4, 0.5) is 4.39 Å². The summed E-state index contributed by atoms with van der Waals surface area (Å²) in [6.45, 7) is 4.15. The molecule has 4 rings (SSSR count). The first-order valence-corrected chi connectivity index (χ1v) is 8.84. The minimum Gasteiger partial charge on any atom is -0.377 e. The summed E-state index contributed by atoms with van der Waals surface area (Å²) in [7, 11) is 0. The van der Waals surface area contributed by atoms with E-state index in [0.717, 1.165) is 5.56 Å². The van der Waals surface area contributed by atoms with E-state index in [1.54, 1.807) is 28.6 Å². The van der Waals surface area contributed by atoms with Gasteiger partial charge in [0.2, 0.25) is 5.91 Å². The zero-order chi connectivity index (χ0) is 19.0. The zero-order valence-corrected chi connectivity index (χ0v) is 15.0. The molecular formula is C18H20FN5O3. The molecule has 1 atom stereocenters. The van der Waals surface area contributed by atoms with Gasteiger partial charge in [-0.3, -0.25) is 9.59 Å². The third-order valence-corrected chi connectivity index (χ3v) is 5.02. The first kappa shape index (κ1) is 17.6. The number of hydrogen-bond acceptors (Lipinski definition) is 5. The van der Waals surface area contributed by atoms with Crippen LogP contribution >= 0.6 is 0 Å². The number of ether oxygens (including phenoxy) is 1. The number of aromatic nitrogens is 3. The lowest BCUT2D eigenvalue weighted by Crippen LogP contribution is -2.61.